The summed E-state index contributed by atoms with van der Waals surface area (Å²) in [7, 11) is 3.26. The summed E-state index contributed by atoms with van der Waals surface area (Å²) in [5.74, 6) is -1.94. The highest BCUT2D eigenvalue weighted by Crippen LogP contribution is 2.27. The van der Waals surface area contributed by atoms with Gasteiger partial charge in [0.2, 0.25) is 10.0 Å². The van der Waals surface area contributed by atoms with E-state index in [0.29, 0.717) is 5.56 Å². The molecule has 37 heavy (non-hydrogen) atoms. The quantitative estimate of drug-likeness (QED) is 0.266. The molecule has 0 amide bonds. The van der Waals surface area contributed by atoms with Gasteiger partial charge in [-0.2, -0.15) is 4.31 Å². The molecule has 0 spiro atoms. The molecule has 0 saturated carbocycles. The van der Waals surface area contributed by atoms with Crippen molar-refractivity contribution in [2.75, 3.05) is 20.3 Å². The van der Waals surface area contributed by atoms with Gasteiger partial charge in [0.25, 0.3) is 0 Å². The summed E-state index contributed by atoms with van der Waals surface area (Å²) in [5, 5.41) is 0. The Hall–Kier alpha value is -2.96. The predicted octanol–water partition coefficient (Wildman–Crippen LogP) is 3.08. The van der Waals surface area contributed by atoms with E-state index >= 15 is 0 Å². The van der Waals surface area contributed by atoms with Gasteiger partial charge in [-0.3, -0.25) is 4.79 Å². The zero-order chi connectivity index (χ0) is 27.3. The van der Waals surface area contributed by atoms with E-state index in [9.17, 15) is 22.4 Å². The van der Waals surface area contributed by atoms with Gasteiger partial charge in [-0.05, 0) is 65.2 Å². The largest absolute Gasteiger partial charge is 0.468 e. The Morgan fingerprint density at radius 3 is 2.30 bits per heavy atom. The van der Waals surface area contributed by atoms with E-state index in [1.54, 1.807) is 31.2 Å². The molecule has 8 nitrogen and oxygen atoms in total. The van der Waals surface area contributed by atoms with Crippen LogP contribution in [0.1, 0.15) is 34.1 Å². The van der Waals surface area contributed by atoms with E-state index in [-0.39, 0.29) is 39.4 Å². The van der Waals surface area contributed by atoms with Crippen LogP contribution in [0.2, 0.25) is 0 Å². The molecule has 0 atom stereocenters. The molecule has 12 heteroatoms. The molecule has 2 radical (unpaired) electrons. The number of nitrogens with zero attached hydrogens (tertiary/aromatic N) is 2. The smallest absolute Gasteiger partial charge is 0.341 e. The van der Waals surface area contributed by atoms with E-state index in [1.807, 2.05) is 6.92 Å². The molecule has 0 aliphatic carbocycles. The van der Waals surface area contributed by atoms with Gasteiger partial charge in [0.05, 0.1) is 30.7 Å². The SMILES string of the molecule is [B]c1c(Br)c(C(=O)OCC)c(CN(CC(=O)OC)S(=O)(=O)c2ccc(C)cc2)n1Cc1ccc(F)cc1. The van der Waals surface area contributed by atoms with E-state index in [1.165, 1.54) is 28.8 Å². The number of esters is 2. The van der Waals surface area contributed by atoms with Gasteiger partial charge in [-0.15, -0.1) is 0 Å². The Morgan fingerprint density at radius 2 is 1.73 bits per heavy atom. The van der Waals surface area contributed by atoms with E-state index in [2.05, 4.69) is 15.9 Å². The van der Waals surface area contributed by atoms with Gasteiger partial charge in [0.15, 0.2) is 0 Å². The highest BCUT2D eigenvalue weighted by atomic mass is 79.9. The fourth-order valence-electron chi connectivity index (χ4n) is 3.64. The molecule has 0 unspecified atom stereocenters. The molecule has 0 saturated heterocycles. The van der Waals surface area contributed by atoms with E-state index in [0.717, 1.165) is 17.0 Å². The van der Waals surface area contributed by atoms with Crippen LogP contribution in [-0.4, -0.2) is 57.3 Å². The minimum Gasteiger partial charge on any atom is -0.468 e. The number of hydrogen-bond donors (Lipinski definition) is 0. The topological polar surface area (TPSA) is 94.9 Å². The second-order valence-electron chi connectivity index (χ2n) is 8.12. The lowest BCUT2D eigenvalue weighted by molar-refractivity contribution is -0.140. The molecule has 3 rings (SSSR count). The van der Waals surface area contributed by atoms with Gasteiger partial charge in [-0.25, -0.2) is 17.6 Å². The Morgan fingerprint density at radius 1 is 1.11 bits per heavy atom. The number of sulfonamides is 1. The van der Waals surface area contributed by atoms with Crippen molar-refractivity contribution in [2.45, 2.75) is 31.8 Å². The van der Waals surface area contributed by atoms with Crippen LogP contribution >= 0.6 is 15.9 Å². The summed E-state index contributed by atoms with van der Waals surface area (Å²) >= 11 is 3.34. The fraction of sp³-hybridized carbons (Fsp3) is 0.280. The van der Waals surface area contributed by atoms with Crippen LogP contribution in [0.3, 0.4) is 0 Å². The number of methoxy groups -OCH3 is 1. The molecular formula is C25H25BBrFN2O6S. The zero-order valence-corrected chi connectivity index (χ0v) is 22.9. The zero-order valence-electron chi connectivity index (χ0n) is 20.5. The number of aryl methyl sites for hydroxylation is 1. The van der Waals surface area contributed by atoms with Crippen molar-refractivity contribution in [3.8, 4) is 0 Å². The number of ether oxygens (including phenoxy) is 2. The Balaban J connectivity index is 2.17. The average Bonchev–Trinajstić information content (AvgIpc) is 3.09. The van der Waals surface area contributed by atoms with Crippen LogP contribution in [0.4, 0.5) is 4.39 Å². The molecule has 2 aromatic carbocycles. The monoisotopic (exact) mass is 590 g/mol. The van der Waals surface area contributed by atoms with Gasteiger partial charge in [0, 0.05) is 16.7 Å². The molecule has 1 heterocycles. The number of hydrogen-bond acceptors (Lipinski definition) is 6. The van der Waals surface area contributed by atoms with Crippen molar-refractivity contribution in [1.29, 1.82) is 0 Å². The number of carbonyl (C=O) groups is 2. The summed E-state index contributed by atoms with van der Waals surface area (Å²) in [4.78, 5) is 25.1. The first kappa shape index (κ1) is 28.6. The number of carbonyl (C=O) groups excluding carboxylic acids is 2. The van der Waals surface area contributed by atoms with Crippen molar-refractivity contribution in [2.24, 2.45) is 0 Å². The lowest BCUT2D eigenvalue weighted by Crippen LogP contribution is -2.37. The number of rotatable bonds is 10. The number of halogens is 2. The van der Waals surface area contributed by atoms with Crippen LogP contribution < -0.4 is 5.59 Å². The maximum atomic E-state index is 13.6. The van der Waals surface area contributed by atoms with Crippen LogP contribution in [0, 0.1) is 12.7 Å². The van der Waals surface area contributed by atoms with E-state index in [4.69, 9.17) is 17.3 Å². The Bertz CT molecular complexity index is 1390. The highest BCUT2D eigenvalue weighted by Gasteiger charge is 2.32. The van der Waals surface area contributed by atoms with Gasteiger partial charge >= 0.3 is 11.9 Å². The summed E-state index contributed by atoms with van der Waals surface area (Å²) in [6.07, 6.45) is 0. The predicted molar refractivity (Wildman–Crippen MR) is 140 cm³/mol. The standard InChI is InChI=1S/C25H25BBrFN2O6S/c1-4-36-25(32)22-20(30(24(26)23(22)27)13-17-7-9-18(28)10-8-17)14-29(15-21(31)35-3)37(33,34)19-11-5-16(2)6-12-19/h5-12H,4,13-15H2,1-3H3. The summed E-state index contributed by atoms with van der Waals surface area (Å²) in [5.41, 5.74) is 1.84. The normalized spacial score (nSPS) is 11.5. The lowest BCUT2D eigenvalue weighted by atomic mass is 10.0. The van der Waals surface area contributed by atoms with Gasteiger partial charge < -0.3 is 14.0 Å². The number of aromatic nitrogens is 1. The molecule has 1 aromatic heterocycles. The third-order valence-corrected chi connectivity index (χ3v) is 8.21. The van der Waals surface area contributed by atoms with Crippen molar-refractivity contribution in [3.05, 3.63) is 81.2 Å². The Kier molecular flexibility index (Phi) is 9.33. The maximum absolute atomic E-state index is 13.6. The molecule has 0 fully saturated rings. The minimum atomic E-state index is -4.21. The Labute approximate surface area is 225 Å². The maximum Gasteiger partial charge on any atom is 0.341 e. The molecule has 0 N–H and O–H groups in total. The first-order valence-corrected chi connectivity index (χ1v) is 13.4. The fourth-order valence-corrected chi connectivity index (χ4v) is 5.59. The second kappa shape index (κ2) is 12.1. The second-order valence-corrected chi connectivity index (χ2v) is 10.8. The van der Waals surface area contributed by atoms with Crippen LogP contribution in [0.5, 0.6) is 0 Å². The van der Waals surface area contributed by atoms with Gasteiger partial charge in [0.1, 0.15) is 20.2 Å². The molecule has 0 aliphatic heterocycles. The van der Waals surface area contributed by atoms with Crippen molar-refractivity contribution in [1.82, 2.24) is 8.87 Å². The first-order chi connectivity index (χ1) is 17.5. The first-order valence-electron chi connectivity index (χ1n) is 11.2. The molecule has 0 bridgehead atoms. The van der Waals surface area contributed by atoms with Crippen molar-refractivity contribution < 1.29 is 31.9 Å². The van der Waals surface area contributed by atoms with Crippen molar-refractivity contribution in [3.63, 3.8) is 0 Å². The highest BCUT2D eigenvalue weighted by molar-refractivity contribution is 9.10. The van der Waals surface area contributed by atoms with Crippen LogP contribution in [0.25, 0.3) is 0 Å². The molecule has 3 aromatic rings. The molecular weight excluding hydrogens is 566 g/mol. The van der Waals surface area contributed by atoms with Crippen LogP contribution in [-0.2, 0) is 37.4 Å². The third kappa shape index (κ3) is 6.49. The third-order valence-electron chi connectivity index (χ3n) is 5.60. The number of benzene rings is 2. The lowest BCUT2D eigenvalue weighted by Gasteiger charge is -2.23. The van der Waals surface area contributed by atoms with Gasteiger partial charge in [-0.1, -0.05) is 29.8 Å². The van der Waals surface area contributed by atoms with E-state index < -0.39 is 40.9 Å². The summed E-state index contributed by atoms with van der Waals surface area (Å²) < 4.78 is 53.3. The molecule has 0 aliphatic rings. The summed E-state index contributed by atoms with van der Waals surface area (Å²) in [6.45, 7) is 2.59. The molecule has 194 valence electrons. The average molecular weight is 591 g/mol. The van der Waals surface area contributed by atoms with Crippen LogP contribution in [0.15, 0.2) is 57.9 Å². The summed E-state index contributed by atoms with van der Waals surface area (Å²) in [6, 6.07) is 11.8. The van der Waals surface area contributed by atoms with Crippen molar-refractivity contribution >= 4 is 51.3 Å². The minimum absolute atomic E-state index is 0.0235.